The van der Waals surface area contributed by atoms with Gasteiger partial charge in [-0.3, -0.25) is 9.59 Å². The molecular formula is C26H26F3N5O5S. The van der Waals surface area contributed by atoms with Gasteiger partial charge in [-0.05, 0) is 36.8 Å². The van der Waals surface area contributed by atoms with Crippen molar-refractivity contribution in [2.75, 3.05) is 31.8 Å². The van der Waals surface area contributed by atoms with E-state index in [0.29, 0.717) is 17.9 Å². The number of halogens is 3. The molecule has 3 aromatic rings. The second-order valence-corrected chi connectivity index (χ2v) is 11.2. The minimum absolute atomic E-state index is 0.0345. The Balaban J connectivity index is 1.62. The third kappa shape index (κ3) is 7.03. The monoisotopic (exact) mass is 577 g/mol. The van der Waals surface area contributed by atoms with Crippen LogP contribution in [0.4, 0.5) is 18.9 Å². The van der Waals surface area contributed by atoms with Gasteiger partial charge in [-0.25, -0.2) is 13.4 Å². The van der Waals surface area contributed by atoms with Crippen LogP contribution in [0.2, 0.25) is 0 Å². The molecule has 1 aromatic heterocycles. The van der Waals surface area contributed by atoms with Crippen LogP contribution < -0.4 is 20.7 Å². The van der Waals surface area contributed by atoms with Crippen LogP contribution in [-0.2, 0) is 21.2 Å². The van der Waals surface area contributed by atoms with Gasteiger partial charge in [-0.1, -0.05) is 11.8 Å². The van der Waals surface area contributed by atoms with Gasteiger partial charge < -0.3 is 25.3 Å². The molecule has 0 aliphatic carbocycles. The van der Waals surface area contributed by atoms with Gasteiger partial charge in [-0.2, -0.15) is 13.2 Å². The van der Waals surface area contributed by atoms with Crippen molar-refractivity contribution in [2.24, 2.45) is 0 Å². The van der Waals surface area contributed by atoms with Crippen LogP contribution in [0.5, 0.6) is 5.75 Å². The molecule has 3 N–H and O–H groups in total. The lowest BCUT2D eigenvalue weighted by Crippen LogP contribution is -2.47. The fraction of sp³-hybridized carbons (Fsp3) is 0.346. The summed E-state index contributed by atoms with van der Waals surface area (Å²) >= 11 is 0. The zero-order chi connectivity index (χ0) is 29.1. The van der Waals surface area contributed by atoms with Crippen molar-refractivity contribution in [2.45, 2.75) is 36.5 Å². The topological polar surface area (TPSA) is 131 Å². The molecule has 10 nitrogen and oxygen atoms in total. The van der Waals surface area contributed by atoms with E-state index >= 15 is 0 Å². The van der Waals surface area contributed by atoms with Gasteiger partial charge in [0.1, 0.15) is 17.8 Å². The molecule has 0 spiro atoms. The predicted molar refractivity (Wildman–Crippen MR) is 141 cm³/mol. The summed E-state index contributed by atoms with van der Waals surface area (Å²) in [6.07, 6.45) is -1.73. The molecule has 0 bridgehead atoms. The molecular weight excluding hydrogens is 551 g/mol. The van der Waals surface area contributed by atoms with Gasteiger partial charge in [0.15, 0.2) is 9.84 Å². The molecule has 2 amide bonds. The number of carbonyl (C=O) groups is 2. The summed E-state index contributed by atoms with van der Waals surface area (Å²) < 4.78 is 69.5. The van der Waals surface area contributed by atoms with Gasteiger partial charge >= 0.3 is 6.18 Å². The number of alkyl halides is 3. The van der Waals surface area contributed by atoms with Gasteiger partial charge in [0.25, 0.3) is 5.91 Å². The first-order valence-corrected chi connectivity index (χ1v) is 14.0. The van der Waals surface area contributed by atoms with Crippen molar-refractivity contribution in [1.82, 2.24) is 20.2 Å². The standard InChI is InChI=1S/C26H26F3N5O5S/c1-39-22-7-6-18(40(2,37)38)12-20(22)30-9-3-4-16-10-19(25(36)33-17-5-8-23(35)31-13-17)24-21(11-16)34(15-32-24)14-26(27,28)29/h6-7,10-12,15,17,30H,5,8-9,13-14H2,1-2H3,(H,31,35)(H,33,36). The minimum Gasteiger partial charge on any atom is -0.495 e. The molecule has 212 valence electrons. The molecule has 1 saturated heterocycles. The number of carbonyl (C=O) groups excluding carboxylic acids is 2. The molecule has 0 saturated carbocycles. The van der Waals surface area contributed by atoms with E-state index in [-0.39, 0.29) is 58.5 Å². The highest BCUT2D eigenvalue weighted by molar-refractivity contribution is 7.90. The average Bonchev–Trinajstić information content (AvgIpc) is 3.27. The predicted octanol–water partition coefficient (Wildman–Crippen LogP) is 2.48. The maximum absolute atomic E-state index is 13.2. The van der Waals surface area contributed by atoms with Crippen molar-refractivity contribution in [3.05, 3.63) is 47.8 Å². The maximum Gasteiger partial charge on any atom is 0.406 e. The van der Waals surface area contributed by atoms with Crippen LogP contribution >= 0.6 is 0 Å². The number of amides is 2. The molecule has 1 aliphatic rings. The largest absolute Gasteiger partial charge is 0.495 e. The van der Waals surface area contributed by atoms with E-state index < -0.39 is 28.5 Å². The third-order valence-corrected chi connectivity index (χ3v) is 7.23. The van der Waals surface area contributed by atoms with Gasteiger partial charge in [0.05, 0.1) is 41.6 Å². The van der Waals surface area contributed by atoms with Crippen molar-refractivity contribution in [3.63, 3.8) is 0 Å². The maximum atomic E-state index is 13.2. The SMILES string of the molecule is COc1ccc(S(C)(=O)=O)cc1NCC#Cc1cc(C(=O)NC2CCC(=O)NC2)c2ncn(CC(F)(F)F)c2c1. The Labute approximate surface area is 228 Å². The van der Waals surface area contributed by atoms with Gasteiger partial charge in [0, 0.05) is 30.8 Å². The number of sulfone groups is 1. The molecule has 0 radical (unpaired) electrons. The molecule has 40 heavy (non-hydrogen) atoms. The summed E-state index contributed by atoms with van der Waals surface area (Å²) in [5.74, 6) is 5.41. The number of benzene rings is 2. The van der Waals surface area contributed by atoms with E-state index in [4.69, 9.17) is 4.74 Å². The van der Waals surface area contributed by atoms with Gasteiger partial charge in [-0.15, -0.1) is 0 Å². The molecule has 14 heteroatoms. The number of anilines is 1. The number of hydrogen-bond acceptors (Lipinski definition) is 7. The van der Waals surface area contributed by atoms with E-state index in [1.807, 2.05) is 0 Å². The van der Waals surface area contributed by atoms with Crippen LogP contribution in [0.1, 0.15) is 28.8 Å². The highest BCUT2D eigenvalue weighted by Crippen LogP contribution is 2.28. The summed E-state index contributed by atoms with van der Waals surface area (Å²) in [7, 11) is -2.03. The first-order valence-electron chi connectivity index (χ1n) is 12.1. The Morgan fingerprint density at radius 1 is 1.27 bits per heavy atom. The lowest BCUT2D eigenvalue weighted by atomic mass is 10.0. The number of piperidine rings is 1. The van der Waals surface area contributed by atoms with Crippen LogP contribution in [0.3, 0.4) is 0 Å². The Morgan fingerprint density at radius 2 is 2.05 bits per heavy atom. The number of nitrogens with zero attached hydrogens (tertiary/aromatic N) is 2. The summed E-state index contributed by atoms with van der Waals surface area (Å²) in [6.45, 7) is -1.02. The summed E-state index contributed by atoms with van der Waals surface area (Å²) in [6, 6.07) is 6.86. The molecule has 2 aromatic carbocycles. The first kappa shape index (κ1) is 28.8. The molecule has 4 rings (SSSR count). The number of hydrogen-bond donors (Lipinski definition) is 3. The summed E-state index contributed by atoms with van der Waals surface area (Å²) in [5.41, 5.74) is 0.889. The van der Waals surface area contributed by atoms with Crippen molar-refractivity contribution < 1.29 is 35.9 Å². The van der Waals surface area contributed by atoms with Gasteiger partial charge in [0.2, 0.25) is 5.91 Å². The third-order valence-electron chi connectivity index (χ3n) is 6.12. The number of fused-ring (bicyclic) bond motifs is 1. The molecule has 1 unspecified atom stereocenters. The zero-order valence-corrected chi connectivity index (χ0v) is 22.4. The molecule has 1 aliphatic heterocycles. The molecule has 2 heterocycles. The van der Waals surface area contributed by atoms with Crippen LogP contribution in [0.25, 0.3) is 11.0 Å². The second-order valence-electron chi connectivity index (χ2n) is 9.18. The lowest BCUT2D eigenvalue weighted by molar-refractivity contribution is -0.140. The van der Waals surface area contributed by atoms with E-state index in [1.54, 1.807) is 0 Å². The fourth-order valence-corrected chi connectivity index (χ4v) is 4.84. The molecule has 1 atom stereocenters. The highest BCUT2D eigenvalue weighted by Gasteiger charge is 2.29. The van der Waals surface area contributed by atoms with Crippen LogP contribution in [0.15, 0.2) is 41.6 Å². The van der Waals surface area contributed by atoms with E-state index in [1.165, 1.54) is 37.4 Å². The number of methoxy groups -OCH3 is 1. The highest BCUT2D eigenvalue weighted by atomic mass is 32.2. The smallest absolute Gasteiger partial charge is 0.406 e. The Bertz CT molecular complexity index is 1610. The van der Waals surface area contributed by atoms with E-state index in [9.17, 15) is 31.2 Å². The quantitative estimate of drug-likeness (QED) is 0.368. The average molecular weight is 578 g/mol. The van der Waals surface area contributed by atoms with E-state index in [2.05, 4.69) is 32.8 Å². The fourth-order valence-electron chi connectivity index (χ4n) is 4.19. The first-order chi connectivity index (χ1) is 18.8. The normalized spacial score (nSPS) is 15.6. The zero-order valence-electron chi connectivity index (χ0n) is 21.6. The number of ether oxygens (including phenoxy) is 1. The summed E-state index contributed by atoms with van der Waals surface area (Å²) in [4.78, 5) is 28.7. The number of nitrogens with one attached hydrogen (secondary N) is 3. The van der Waals surface area contributed by atoms with Crippen LogP contribution in [-0.4, -0.2) is 68.5 Å². The minimum atomic E-state index is -4.51. The summed E-state index contributed by atoms with van der Waals surface area (Å²) in [5, 5.41) is 8.44. The Kier molecular flexibility index (Phi) is 8.24. The second kappa shape index (κ2) is 11.5. The number of imidazole rings is 1. The van der Waals surface area contributed by atoms with Crippen molar-refractivity contribution in [1.29, 1.82) is 0 Å². The lowest BCUT2D eigenvalue weighted by Gasteiger charge is -2.23. The van der Waals surface area contributed by atoms with Crippen molar-refractivity contribution in [3.8, 4) is 17.6 Å². The number of aromatic nitrogens is 2. The van der Waals surface area contributed by atoms with Crippen LogP contribution in [0, 0.1) is 11.8 Å². The Hall–Kier alpha value is -4.25. The van der Waals surface area contributed by atoms with E-state index in [0.717, 1.165) is 17.2 Å². The Morgan fingerprint density at radius 3 is 2.70 bits per heavy atom. The van der Waals surface area contributed by atoms with Crippen molar-refractivity contribution >= 4 is 38.4 Å². The number of rotatable bonds is 7. The molecule has 1 fully saturated rings.